The third kappa shape index (κ3) is 4.11. The van der Waals surface area contributed by atoms with Crippen molar-refractivity contribution in [3.8, 4) is 0 Å². The first-order chi connectivity index (χ1) is 13.2. The highest BCUT2D eigenvalue weighted by atomic mass is 32.1. The van der Waals surface area contributed by atoms with Gasteiger partial charge in [-0.15, -0.1) is 0 Å². The molecule has 2 aromatic rings. The van der Waals surface area contributed by atoms with Crippen molar-refractivity contribution >= 4 is 34.7 Å². The first-order valence-electron chi connectivity index (χ1n) is 8.93. The lowest BCUT2D eigenvalue weighted by molar-refractivity contribution is -0.123. The van der Waals surface area contributed by atoms with Crippen LogP contribution in [0.5, 0.6) is 0 Å². The van der Waals surface area contributed by atoms with E-state index >= 15 is 0 Å². The summed E-state index contributed by atoms with van der Waals surface area (Å²) >= 11 is 5.18. The van der Waals surface area contributed by atoms with Crippen molar-refractivity contribution in [2.75, 3.05) is 24.6 Å². The van der Waals surface area contributed by atoms with Crippen molar-refractivity contribution in [1.29, 1.82) is 0 Å². The maximum Gasteiger partial charge on any atom is 0.300 e. The highest BCUT2D eigenvalue weighted by molar-refractivity contribution is 7.80. The van der Waals surface area contributed by atoms with Crippen molar-refractivity contribution in [1.82, 2.24) is 4.90 Å². The van der Waals surface area contributed by atoms with E-state index in [9.17, 15) is 4.79 Å². The molecule has 0 spiro atoms. The number of carbonyl (C=O) groups is 1. The molecule has 1 heterocycles. The van der Waals surface area contributed by atoms with Gasteiger partial charge in [0.15, 0.2) is 5.76 Å². The third-order valence-electron chi connectivity index (χ3n) is 4.17. The molecule has 0 saturated carbocycles. The monoisotopic (exact) mass is 382 g/mol. The fourth-order valence-corrected chi connectivity index (χ4v) is 3.18. The minimum absolute atomic E-state index is 0.167. The number of thiocarbonyl (C=S) groups is 1. The Hall–Kier alpha value is -2.86. The van der Waals surface area contributed by atoms with E-state index in [2.05, 4.69) is 4.90 Å². The largest absolute Gasteiger partial charge is 0.492 e. The van der Waals surface area contributed by atoms with Gasteiger partial charge in [-0.2, -0.15) is 0 Å². The molecule has 1 aliphatic heterocycles. The van der Waals surface area contributed by atoms with E-state index in [1.165, 1.54) is 4.90 Å². The van der Waals surface area contributed by atoms with Crippen LogP contribution in [0.15, 0.2) is 72.2 Å². The molecule has 1 saturated heterocycles. The normalized spacial score (nSPS) is 15.6. The number of amides is 1. The van der Waals surface area contributed by atoms with E-state index in [0.717, 1.165) is 11.4 Å². The van der Waals surface area contributed by atoms with Gasteiger partial charge in [0, 0.05) is 17.9 Å². The van der Waals surface area contributed by atoms with Gasteiger partial charge in [-0.3, -0.25) is 9.69 Å². The number of ether oxygens (including phenoxy) is 2. The smallest absolute Gasteiger partial charge is 0.300 e. The van der Waals surface area contributed by atoms with Gasteiger partial charge in [-0.25, -0.2) is 0 Å². The predicted molar refractivity (Wildman–Crippen MR) is 110 cm³/mol. The first kappa shape index (κ1) is 18.9. The van der Waals surface area contributed by atoms with Crippen LogP contribution in [0, 0.1) is 0 Å². The number of anilines is 2. The quantitative estimate of drug-likeness (QED) is 0.407. The third-order valence-corrected chi connectivity index (χ3v) is 4.48. The Kier molecular flexibility index (Phi) is 6.08. The molecule has 27 heavy (non-hydrogen) atoms. The maximum absolute atomic E-state index is 12.7. The lowest BCUT2D eigenvalue weighted by atomic mass is 10.2. The van der Waals surface area contributed by atoms with Crippen LogP contribution in [0.1, 0.15) is 13.8 Å². The molecule has 0 unspecified atom stereocenters. The molecule has 1 fully saturated rings. The molecule has 140 valence electrons. The summed E-state index contributed by atoms with van der Waals surface area (Å²) in [7, 11) is 0. The number of likely N-dealkylation sites (N-methyl/N-ethyl adjacent to an activating group) is 1. The summed E-state index contributed by atoms with van der Waals surface area (Å²) < 4.78 is 11.4. The zero-order valence-electron chi connectivity index (χ0n) is 15.4. The standard InChI is InChI=1S/C21H22N2O3S/c1-3-22-20(24)19(26-21(22)27)18(25-4-2)15-23(16-11-7-5-8-12-16)17-13-9-6-10-14-17/h5-14H,3-4,15H2,1-2H3/b19-18-. The Morgan fingerprint density at radius 2 is 1.59 bits per heavy atom. The first-order valence-corrected chi connectivity index (χ1v) is 9.33. The number of hydrogen-bond donors (Lipinski definition) is 0. The van der Waals surface area contributed by atoms with E-state index < -0.39 is 0 Å². The molecule has 1 aliphatic rings. The van der Waals surface area contributed by atoms with Gasteiger partial charge in [0.2, 0.25) is 5.76 Å². The van der Waals surface area contributed by atoms with E-state index in [-0.39, 0.29) is 16.8 Å². The zero-order chi connectivity index (χ0) is 19.2. The molecular formula is C21H22N2O3S. The van der Waals surface area contributed by atoms with Crippen molar-refractivity contribution in [3.63, 3.8) is 0 Å². The van der Waals surface area contributed by atoms with Gasteiger partial charge in [-0.05, 0) is 50.3 Å². The molecule has 0 bridgehead atoms. The summed E-state index contributed by atoms with van der Waals surface area (Å²) in [6, 6.07) is 19.9. The Morgan fingerprint density at radius 3 is 2.04 bits per heavy atom. The fourth-order valence-electron chi connectivity index (χ4n) is 2.89. The zero-order valence-corrected chi connectivity index (χ0v) is 16.2. The van der Waals surface area contributed by atoms with E-state index in [0.29, 0.717) is 25.5 Å². The van der Waals surface area contributed by atoms with Gasteiger partial charge in [-0.1, -0.05) is 36.4 Å². The maximum atomic E-state index is 12.7. The van der Waals surface area contributed by atoms with Gasteiger partial charge in [0.1, 0.15) is 0 Å². The highest BCUT2D eigenvalue weighted by Crippen LogP contribution is 2.29. The van der Waals surface area contributed by atoms with Crippen molar-refractivity contribution in [2.24, 2.45) is 0 Å². The topological polar surface area (TPSA) is 42.0 Å². The summed E-state index contributed by atoms with van der Waals surface area (Å²) in [6.07, 6.45) is 0. The molecule has 0 N–H and O–H groups in total. The van der Waals surface area contributed by atoms with Gasteiger partial charge in [0.05, 0.1) is 13.2 Å². The van der Waals surface area contributed by atoms with E-state index in [1.807, 2.05) is 74.5 Å². The lowest BCUT2D eigenvalue weighted by Gasteiger charge is -2.26. The predicted octanol–water partition coefficient (Wildman–Crippen LogP) is 4.24. The molecule has 0 radical (unpaired) electrons. The lowest BCUT2D eigenvalue weighted by Crippen LogP contribution is -2.29. The Labute approximate surface area is 164 Å². The van der Waals surface area contributed by atoms with Crippen molar-refractivity contribution < 1.29 is 14.3 Å². The van der Waals surface area contributed by atoms with Crippen LogP contribution in [0.3, 0.4) is 0 Å². The molecule has 2 aromatic carbocycles. The number of para-hydroxylation sites is 2. The van der Waals surface area contributed by atoms with Crippen LogP contribution in [0.2, 0.25) is 0 Å². The SMILES string of the molecule is CCO/C(CN(c1ccccc1)c1ccccc1)=C1\OC(=S)N(CC)C1=O. The summed E-state index contributed by atoms with van der Waals surface area (Å²) in [5.41, 5.74) is 1.98. The number of benzene rings is 2. The van der Waals surface area contributed by atoms with Gasteiger partial charge < -0.3 is 14.4 Å². The number of nitrogens with zero attached hydrogens (tertiary/aromatic N) is 2. The van der Waals surface area contributed by atoms with Crippen LogP contribution in [-0.4, -0.2) is 35.7 Å². The Bertz CT molecular complexity index is 798. The Balaban J connectivity index is 2.01. The summed E-state index contributed by atoms with van der Waals surface area (Å²) in [5, 5.41) is 0.167. The highest BCUT2D eigenvalue weighted by Gasteiger charge is 2.36. The number of rotatable bonds is 7. The second-order valence-corrected chi connectivity index (χ2v) is 6.21. The van der Waals surface area contributed by atoms with Crippen molar-refractivity contribution in [2.45, 2.75) is 13.8 Å². The average molecular weight is 382 g/mol. The molecule has 6 heteroatoms. The van der Waals surface area contributed by atoms with Gasteiger partial charge >= 0.3 is 5.91 Å². The van der Waals surface area contributed by atoms with E-state index in [1.54, 1.807) is 0 Å². The van der Waals surface area contributed by atoms with Gasteiger partial charge in [0.25, 0.3) is 5.17 Å². The summed E-state index contributed by atoms with van der Waals surface area (Å²) in [4.78, 5) is 16.2. The molecule has 0 aromatic heterocycles. The van der Waals surface area contributed by atoms with Crippen LogP contribution < -0.4 is 4.90 Å². The average Bonchev–Trinajstić information content (AvgIpc) is 3.00. The summed E-state index contributed by atoms with van der Waals surface area (Å²) in [6.45, 7) is 4.97. The van der Waals surface area contributed by atoms with Crippen LogP contribution in [0.4, 0.5) is 11.4 Å². The van der Waals surface area contributed by atoms with Crippen LogP contribution >= 0.6 is 12.2 Å². The molecule has 5 nitrogen and oxygen atoms in total. The second-order valence-electron chi connectivity index (χ2n) is 5.86. The molecule has 1 amide bonds. The summed E-state index contributed by atoms with van der Waals surface area (Å²) in [5.74, 6) is 0.376. The molecular weight excluding hydrogens is 360 g/mol. The number of hydrogen-bond acceptors (Lipinski definition) is 5. The number of carbonyl (C=O) groups excluding carboxylic acids is 1. The van der Waals surface area contributed by atoms with Crippen molar-refractivity contribution in [3.05, 3.63) is 72.2 Å². The fraction of sp³-hybridized carbons (Fsp3) is 0.238. The molecule has 0 atom stereocenters. The molecule has 3 rings (SSSR count). The Morgan fingerprint density at radius 1 is 1.04 bits per heavy atom. The van der Waals surface area contributed by atoms with E-state index in [4.69, 9.17) is 21.7 Å². The minimum Gasteiger partial charge on any atom is -0.492 e. The molecule has 0 aliphatic carbocycles. The van der Waals surface area contributed by atoms with Crippen LogP contribution in [0.25, 0.3) is 0 Å². The minimum atomic E-state index is -0.257. The second kappa shape index (κ2) is 8.68. The van der Waals surface area contributed by atoms with Crippen LogP contribution in [-0.2, 0) is 14.3 Å².